The first kappa shape index (κ1) is 17.2. The zero-order valence-electron chi connectivity index (χ0n) is 14.8. The SMILES string of the molecule is CCc1ccc(CN(C)C(=O)c2ccc(NC(=O)C3CC3)cc2)cc1. The average Bonchev–Trinajstić information content (AvgIpc) is 3.47. The van der Waals surface area contributed by atoms with Gasteiger partial charge >= 0.3 is 0 Å². The Morgan fingerprint density at radius 2 is 1.60 bits per heavy atom. The van der Waals surface area contributed by atoms with E-state index in [0.717, 1.165) is 30.5 Å². The first-order valence-electron chi connectivity index (χ1n) is 8.81. The van der Waals surface area contributed by atoms with Crippen LogP contribution in [-0.2, 0) is 17.8 Å². The van der Waals surface area contributed by atoms with E-state index >= 15 is 0 Å². The van der Waals surface area contributed by atoms with Gasteiger partial charge in [0.2, 0.25) is 5.91 Å². The molecule has 1 saturated carbocycles. The number of hydrogen-bond acceptors (Lipinski definition) is 2. The molecule has 1 aliphatic carbocycles. The molecule has 0 aromatic heterocycles. The van der Waals surface area contributed by atoms with E-state index in [9.17, 15) is 9.59 Å². The van der Waals surface area contributed by atoms with Crippen molar-refractivity contribution < 1.29 is 9.59 Å². The quantitative estimate of drug-likeness (QED) is 0.870. The van der Waals surface area contributed by atoms with Crippen molar-refractivity contribution in [2.45, 2.75) is 32.7 Å². The lowest BCUT2D eigenvalue weighted by Crippen LogP contribution is -2.26. The van der Waals surface area contributed by atoms with Gasteiger partial charge in [-0.1, -0.05) is 31.2 Å². The monoisotopic (exact) mass is 336 g/mol. The van der Waals surface area contributed by atoms with Crippen LogP contribution in [0.25, 0.3) is 0 Å². The van der Waals surface area contributed by atoms with Crippen LogP contribution in [0.1, 0.15) is 41.3 Å². The maximum Gasteiger partial charge on any atom is 0.253 e. The third-order valence-corrected chi connectivity index (χ3v) is 4.55. The number of aryl methyl sites for hydroxylation is 1. The zero-order valence-corrected chi connectivity index (χ0v) is 14.8. The second-order valence-electron chi connectivity index (χ2n) is 6.67. The molecular weight excluding hydrogens is 312 g/mol. The molecule has 2 amide bonds. The number of carbonyl (C=O) groups is 2. The highest BCUT2D eigenvalue weighted by Gasteiger charge is 2.29. The Morgan fingerprint density at radius 1 is 1.00 bits per heavy atom. The largest absolute Gasteiger partial charge is 0.337 e. The fourth-order valence-corrected chi connectivity index (χ4v) is 2.73. The van der Waals surface area contributed by atoms with Crippen molar-refractivity contribution in [3.8, 4) is 0 Å². The summed E-state index contributed by atoms with van der Waals surface area (Å²) in [5, 5.41) is 2.89. The van der Waals surface area contributed by atoms with Crippen molar-refractivity contribution >= 4 is 17.5 Å². The molecule has 1 N–H and O–H groups in total. The Bertz CT molecular complexity index is 746. The number of anilines is 1. The maximum absolute atomic E-state index is 12.6. The number of hydrogen-bond donors (Lipinski definition) is 1. The van der Waals surface area contributed by atoms with Gasteiger partial charge in [0.05, 0.1) is 0 Å². The van der Waals surface area contributed by atoms with E-state index < -0.39 is 0 Å². The Kier molecular flexibility index (Phi) is 5.17. The molecule has 2 aromatic carbocycles. The summed E-state index contributed by atoms with van der Waals surface area (Å²) in [5.74, 6) is 0.220. The number of nitrogens with one attached hydrogen (secondary N) is 1. The predicted octanol–water partition coefficient (Wildman–Crippen LogP) is 3.87. The van der Waals surface area contributed by atoms with Crippen molar-refractivity contribution in [2.24, 2.45) is 5.92 Å². The summed E-state index contributed by atoms with van der Waals surface area (Å²) >= 11 is 0. The Morgan fingerprint density at radius 3 is 2.16 bits per heavy atom. The van der Waals surface area contributed by atoms with Crippen molar-refractivity contribution in [1.29, 1.82) is 0 Å². The van der Waals surface area contributed by atoms with E-state index in [-0.39, 0.29) is 17.7 Å². The molecule has 0 atom stereocenters. The van der Waals surface area contributed by atoms with Crippen LogP contribution in [0.4, 0.5) is 5.69 Å². The van der Waals surface area contributed by atoms with Gasteiger partial charge in [-0.2, -0.15) is 0 Å². The van der Waals surface area contributed by atoms with Crippen LogP contribution in [0.3, 0.4) is 0 Å². The second kappa shape index (κ2) is 7.51. The normalized spacial score (nSPS) is 13.4. The summed E-state index contributed by atoms with van der Waals surface area (Å²) in [6.45, 7) is 2.70. The van der Waals surface area contributed by atoms with E-state index in [4.69, 9.17) is 0 Å². The number of carbonyl (C=O) groups excluding carboxylic acids is 2. The topological polar surface area (TPSA) is 49.4 Å². The van der Waals surface area contributed by atoms with E-state index in [1.54, 1.807) is 36.2 Å². The molecule has 25 heavy (non-hydrogen) atoms. The molecule has 0 bridgehead atoms. The molecule has 0 radical (unpaired) electrons. The summed E-state index contributed by atoms with van der Waals surface area (Å²) in [4.78, 5) is 26.0. The lowest BCUT2D eigenvalue weighted by atomic mass is 10.1. The van der Waals surface area contributed by atoms with Crippen molar-refractivity contribution in [3.63, 3.8) is 0 Å². The number of amides is 2. The second-order valence-corrected chi connectivity index (χ2v) is 6.67. The molecule has 0 saturated heterocycles. The van der Waals surface area contributed by atoms with Gasteiger partial charge in [-0.05, 0) is 54.7 Å². The van der Waals surface area contributed by atoms with Crippen molar-refractivity contribution in [3.05, 3.63) is 65.2 Å². The van der Waals surface area contributed by atoms with E-state index in [1.165, 1.54) is 5.56 Å². The van der Waals surface area contributed by atoms with E-state index in [0.29, 0.717) is 12.1 Å². The number of rotatable bonds is 6. The van der Waals surface area contributed by atoms with Gasteiger partial charge in [-0.3, -0.25) is 9.59 Å². The van der Waals surface area contributed by atoms with Gasteiger partial charge in [0, 0.05) is 30.8 Å². The molecule has 0 aliphatic heterocycles. The minimum Gasteiger partial charge on any atom is -0.337 e. The third-order valence-electron chi connectivity index (χ3n) is 4.55. The Balaban J connectivity index is 1.59. The third kappa shape index (κ3) is 4.47. The maximum atomic E-state index is 12.6. The van der Waals surface area contributed by atoms with Gasteiger partial charge in [0.1, 0.15) is 0 Å². The van der Waals surface area contributed by atoms with Gasteiger partial charge in [-0.25, -0.2) is 0 Å². The highest BCUT2D eigenvalue weighted by molar-refractivity contribution is 5.96. The molecule has 130 valence electrons. The lowest BCUT2D eigenvalue weighted by molar-refractivity contribution is -0.117. The van der Waals surface area contributed by atoms with Crippen LogP contribution in [0.5, 0.6) is 0 Å². The van der Waals surface area contributed by atoms with Crippen molar-refractivity contribution in [2.75, 3.05) is 12.4 Å². The molecule has 0 heterocycles. The first-order valence-corrected chi connectivity index (χ1v) is 8.81. The molecule has 4 heteroatoms. The van der Waals surface area contributed by atoms with Crippen LogP contribution in [0.2, 0.25) is 0 Å². The van der Waals surface area contributed by atoms with Gasteiger partial charge in [0.15, 0.2) is 0 Å². The fourth-order valence-electron chi connectivity index (χ4n) is 2.73. The summed E-state index contributed by atoms with van der Waals surface area (Å²) < 4.78 is 0. The minimum atomic E-state index is -0.0281. The summed E-state index contributed by atoms with van der Waals surface area (Å²) in [5.41, 5.74) is 3.77. The molecular formula is C21H24N2O2. The summed E-state index contributed by atoms with van der Waals surface area (Å²) in [6, 6.07) is 15.5. The molecule has 1 fully saturated rings. The van der Waals surface area contributed by atoms with Crippen LogP contribution >= 0.6 is 0 Å². The molecule has 2 aromatic rings. The number of benzene rings is 2. The molecule has 0 spiro atoms. The van der Waals surface area contributed by atoms with Gasteiger partial charge in [0.25, 0.3) is 5.91 Å². The first-order chi connectivity index (χ1) is 12.1. The Labute approximate surface area is 148 Å². The zero-order chi connectivity index (χ0) is 17.8. The number of nitrogens with zero attached hydrogens (tertiary/aromatic N) is 1. The fraction of sp³-hybridized carbons (Fsp3) is 0.333. The summed E-state index contributed by atoms with van der Waals surface area (Å²) in [7, 11) is 1.80. The van der Waals surface area contributed by atoms with E-state index in [1.807, 2.05) is 0 Å². The standard InChI is InChI=1S/C21H24N2O2/c1-3-15-4-6-16(7-5-15)14-23(2)21(25)18-10-12-19(13-11-18)22-20(24)17-8-9-17/h4-7,10-13,17H,3,8-9,14H2,1-2H3,(H,22,24). The molecule has 0 unspecified atom stereocenters. The van der Waals surface area contributed by atoms with Crippen molar-refractivity contribution in [1.82, 2.24) is 4.90 Å². The highest BCUT2D eigenvalue weighted by atomic mass is 16.2. The van der Waals surface area contributed by atoms with Gasteiger partial charge in [-0.15, -0.1) is 0 Å². The smallest absolute Gasteiger partial charge is 0.253 e. The van der Waals surface area contributed by atoms with Crippen LogP contribution < -0.4 is 5.32 Å². The van der Waals surface area contributed by atoms with Gasteiger partial charge < -0.3 is 10.2 Å². The van der Waals surface area contributed by atoms with Crippen LogP contribution in [0.15, 0.2) is 48.5 Å². The summed E-state index contributed by atoms with van der Waals surface area (Å²) in [6.07, 6.45) is 2.97. The molecule has 1 aliphatic rings. The molecule has 3 rings (SSSR count). The molecule has 4 nitrogen and oxygen atoms in total. The Hall–Kier alpha value is -2.62. The van der Waals surface area contributed by atoms with Crippen LogP contribution in [-0.4, -0.2) is 23.8 Å². The minimum absolute atomic E-state index is 0.0281. The lowest BCUT2D eigenvalue weighted by Gasteiger charge is -2.18. The average molecular weight is 336 g/mol. The van der Waals surface area contributed by atoms with E-state index in [2.05, 4.69) is 36.5 Å². The predicted molar refractivity (Wildman–Crippen MR) is 99.4 cm³/mol. The van der Waals surface area contributed by atoms with Crippen LogP contribution in [0, 0.1) is 5.92 Å². The highest BCUT2D eigenvalue weighted by Crippen LogP contribution is 2.30.